The predicted octanol–water partition coefficient (Wildman–Crippen LogP) is 3.00. The van der Waals surface area contributed by atoms with E-state index in [1.165, 1.54) is 0 Å². The molecule has 0 unspecified atom stereocenters. The van der Waals surface area contributed by atoms with Crippen molar-refractivity contribution in [2.45, 2.75) is 6.54 Å². The van der Waals surface area contributed by atoms with Gasteiger partial charge in [0.05, 0.1) is 18.4 Å². The number of benzene rings is 2. The van der Waals surface area contributed by atoms with Crippen LogP contribution in [0.2, 0.25) is 5.02 Å². The molecule has 0 saturated heterocycles. The van der Waals surface area contributed by atoms with E-state index in [1.54, 1.807) is 6.20 Å². The Balaban J connectivity index is 1.58. The quantitative estimate of drug-likeness (QED) is 0.519. The number of aromatic nitrogens is 4. The second kappa shape index (κ2) is 6.03. The maximum Gasteiger partial charge on any atom is 0.224 e. The second-order valence-electron chi connectivity index (χ2n) is 5.56. The van der Waals surface area contributed by atoms with Gasteiger partial charge in [-0.3, -0.25) is 0 Å². The summed E-state index contributed by atoms with van der Waals surface area (Å²) in [5, 5.41) is 6.24. The highest BCUT2D eigenvalue weighted by atomic mass is 35.5. The number of nitrogens with zero attached hydrogens (tertiary/aromatic N) is 4. The number of fused-ring (bicyclic) bond motifs is 2. The van der Waals surface area contributed by atoms with Crippen LogP contribution in [0, 0.1) is 0 Å². The standard InChI is InChI=1S/C17H14ClN7/c18-11-3-1-10-6-12(4-2-9(10)5-11)21-7-13-8-22-16-14(23-13)15(19)24-17(20)25-16/h1-6,8,21H,7H2,(H4,19,20,22,24,25). The molecule has 124 valence electrons. The van der Waals surface area contributed by atoms with Crippen molar-refractivity contribution in [1.29, 1.82) is 0 Å². The summed E-state index contributed by atoms with van der Waals surface area (Å²) in [6.07, 6.45) is 1.64. The highest BCUT2D eigenvalue weighted by Gasteiger charge is 2.07. The normalized spacial score (nSPS) is 11.1. The van der Waals surface area contributed by atoms with Crippen LogP contribution in [0.4, 0.5) is 17.5 Å². The summed E-state index contributed by atoms with van der Waals surface area (Å²) >= 11 is 6.01. The van der Waals surface area contributed by atoms with Gasteiger partial charge in [-0.15, -0.1) is 0 Å². The highest BCUT2D eigenvalue weighted by molar-refractivity contribution is 6.31. The molecule has 0 fully saturated rings. The van der Waals surface area contributed by atoms with Gasteiger partial charge in [-0.1, -0.05) is 23.7 Å². The van der Waals surface area contributed by atoms with Crippen LogP contribution < -0.4 is 16.8 Å². The molecule has 7 nitrogen and oxygen atoms in total. The lowest BCUT2D eigenvalue weighted by Gasteiger charge is -2.08. The molecule has 0 bridgehead atoms. The van der Waals surface area contributed by atoms with Gasteiger partial charge in [0.1, 0.15) is 0 Å². The van der Waals surface area contributed by atoms with E-state index in [1.807, 2.05) is 30.3 Å². The largest absolute Gasteiger partial charge is 0.382 e. The van der Waals surface area contributed by atoms with Gasteiger partial charge in [0, 0.05) is 10.7 Å². The molecule has 0 aliphatic heterocycles. The number of nitrogens with one attached hydrogen (secondary N) is 1. The van der Waals surface area contributed by atoms with E-state index < -0.39 is 0 Å². The fourth-order valence-corrected chi connectivity index (χ4v) is 2.77. The van der Waals surface area contributed by atoms with Gasteiger partial charge in [-0.25, -0.2) is 9.97 Å². The van der Waals surface area contributed by atoms with Crippen molar-refractivity contribution in [3.63, 3.8) is 0 Å². The molecule has 8 heteroatoms. The maximum absolute atomic E-state index is 6.01. The number of hydrogen-bond acceptors (Lipinski definition) is 7. The number of anilines is 3. The van der Waals surface area contributed by atoms with E-state index in [0.29, 0.717) is 17.7 Å². The molecular formula is C17H14ClN7. The van der Waals surface area contributed by atoms with Crippen LogP contribution in [0.5, 0.6) is 0 Å². The topological polar surface area (TPSA) is 116 Å². The zero-order valence-corrected chi connectivity index (χ0v) is 13.8. The van der Waals surface area contributed by atoms with Gasteiger partial charge < -0.3 is 16.8 Å². The Hall–Kier alpha value is -3.19. The molecule has 0 amide bonds. The summed E-state index contributed by atoms with van der Waals surface area (Å²) < 4.78 is 0. The van der Waals surface area contributed by atoms with Crippen LogP contribution in [0.25, 0.3) is 21.9 Å². The van der Waals surface area contributed by atoms with E-state index in [9.17, 15) is 0 Å². The molecule has 0 radical (unpaired) electrons. The zero-order valence-electron chi connectivity index (χ0n) is 13.1. The molecule has 4 aromatic rings. The molecule has 2 heterocycles. The Kier molecular flexibility index (Phi) is 3.70. The summed E-state index contributed by atoms with van der Waals surface area (Å²) in [6.45, 7) is 0.492. The van der Waals surface area contributed by atoms with Gasteiger partial charge in [0.2, 0.25) is 5.95 Å². The maximum atomic E-state index is 6.01. The summed E-state index contributed by atoms with van der Waals surface area (Å²) in [5.74, 6) is 0.306. The minimum Gasteiger partial charge on any atom is -0.382 e. The number of nitrogens with two attached hydrogens (primary N) is 2. The summed E-state index contributed by atoms with van der Waals surface area (Å²) in [6, 6.07) is 11.9. The second-order valence-corrected chi connectivity index (χ2v) is 6.00. The number of nitrogen functional groups attached to an aromatic ring is 2. The first-order valence-electron chi connectivity index (χ1n) is 7.56. The van der Waals surface area contributed by atoms with Crippen molar-refractivity contribution in [1.82, 2.24) is 19.9 Å². The first-order valence-corrected chi connectivity index (χ1v) is 7.94. The number of halogens is 1. The lowest BCUT2D eigenvalue weighted by atomic mass is 10.1. The van der Waals surface area contributed by atoms with Gasteiger partial charge in [-0.2, -0.15) is 9.97 Å². The smallest absolute Gasteiger partial charge is 0.224 e. The first kappa shape index (κ1) is 15.3. The van der Waals surface area contributed by atoms with Crippen molar-refractivity contribution < 1.29 is 0 Å². The molecule has 0 spiro atoms. The Morgan fingerprint density at radius 3 is 2.64 bits per heavy atom. The van der Waals surface area contributed by atoms with Crippen molar-refractivity contribution in [3.05, 3.63) is 53.3 Å². The molecule has 4 rings (SSSR count). The van der Waals surface area contributed by atoms with Gasteiger partial charge >= 0.3 is 0 Å². The van der Waals surface area contributed by atoms with Crippen LogP contribution in [-0.4, -0.2) is 19.9 Å². The minimum absolute atomic E-state index is 0.0847. The van der Waals surface area contributed by atoms with Crippen molar-refractivity contribution in [3.8, 4) is 0 Å². The van der Waals surface area contributed by atoms with Crippen LogP contribution in [0.3, 0.4) is 0 Å². The monoisotopic (exact) mass is 351 g/mol. The van der Waals surface area contributed by atoms with Crippen LogP contribution in [0.1, 0.15) is 5.69 Å². The van der Waals surface area contributed by atoms with Gasteiger partial charge in [0.25, 0.3) is 0 Å². The third-order valence-electron chi connectivity index (χ3n) is 3.78. The van der Waals surface area contributed by atoms with E-state index in [4.69, 9.17) is 23.1 Å². The molecule has 0 atom stereocenters. The van der Waals surface area contributed by atoms with Crippen LogP contribution in [-0.2, 0) is 6.54 Å². The van der Waals surface area contributed by atoms with Gasteiger partial charge in [0.15, 0.2) is 17.0 Å². The summed E-state index contributed by atoms with van der Waals surface area (Å²) in [5.41, 5.74) is 13.9. The molecule has 2 aromatic carbocycles. The SMILES string of the molecule is Nc1nc(N)c2nc(CNc3ccc4cc(Cl)ccc4c3)cnc2n1. The first-order chi connectivity index (χ1) is 12.1. The minimum atomic E-state index is 0.0847. The molecule has 0 saturated carbocycles. The predicted molar refractivity (Wildman–Crippen MR) is 100 cm³/mol. The number of rotatable bonds is 3. The molecule has 5 N–H and O–H groups in total. The Bertz CT molecular complexity index is 1100. The lowest BCUT2D eigenvalue weighted by molar-refractivity contribution is 1.03. The van der Waals surface area contributed by atoms with E-state index in [-0.39, 0.29) is 11.8 Å². The highest BCUT2D eigenvalue weighted by Crippen LogP contribution is 2.23. The van der Waals surface area contributed by atoms with Crippen molar-refractivity contribution in [2.24, 2.45) is 0 Å². The van der Waals surface area contributed by atoms with E-state index in [2.05, 4.69) is 31.3 Å². The third-order valence-corrected chi connectivity index (χ3v) is 4.01. The average Bonchev–Trinajstić information content (AvgIpc) is 2.60. The summed E-state index contributed by atoms with van der Waals surface area (Å²) in [4.78, 5) is 16.6. The van der Waals surface area contributed by atoms with Crippen molar-refractivity contribution >= 4 is 51.0 Å². The lowest BCUT2D eigenvalue weighted by Crippen LogP contribution is -2.07. The van der Waals surface area contributed by atoms with Gasteiger partial charge in [-0.05, 0) is 35.0 Å². The summed E-state index contributed by atoms with van der Waals surface area (Å²) in [7, 11) is 0. The van der Waals surface area contributed by atoms with E-state index >= 15 is 0 Å². The Morgan fingerprint density at radius 1 is 0.960 bits per heavy atom. The molecular weight excluding hydrogens is 338 g/mol. The van der Waals surface area contributed by atoms with Crippen molar-refractivity contribution in [2.75, 3.05) is 16.8 Å². The molecule has 2 aromatic heterocycles. The van der Waals surface area contributed by atoms with E-state index in [0.717, 1.165) is 27.2 Å². The number of hydrogen-bond donors (Lipinski definition) is 3. The fraction of sp³-hybridized carbons (Fsp3) is 0.0588. The Labute approximate surface area is 148 Å². The molecule has 0 aliphatic rings. The van der Waals surface area contributed by atoms with Crippen LogP contribution >= 0.6 is 11.6 Å². The fourth-order valence-electron chi connectivity index (χ4n) is 2.59. The molecule has 25 heavy (non-hydrogen) atoms. The van der Waals surface area contributed by atoms with Crippen LogP contribution in [0.15, 0.2) is 42.6 Å². The third kappa shape index (κ3) is 3.09. The Morgan fingerprint density at radius 2 is 1.76 bits per heavy atom. The molecule has 0 aliphatic carbocycles. The zero-order chi connectivity index (χ0) is 17.4. The average molecular weight is 352 g/mol.